The molecular formula is C12H14N4O2S. The van der Waals surface area contributed by atoms with Gasteiger partial charge in [-0.05, 0) is 36.9 Å². The third kappa shape index (κ3) is 2.70. The van der Waals surface area contributed by atoms with Crippen LogP contribution in [-0.2, 0) is 11.8 Å². The van der Waals surface area contributed by atoms with E-state index in [9.17, 15) is 4.79 Å². The van der Waals surface area contributed by atoms with Gasteiger partial charge in [-0.2, -0.15) is 0 Å². The molecule has 1 aromatic heterocycles. The number of anilines is 1. The van der Waals surface area contributed by atoms with Gasteiger partial charge in [0.15, 0.2) is 5.16 Å². The summed E-state index contributed by atoms with van der Waals surface area (Å²) in [6, 6.07) is 5.10. The first-order valence-electron chi connectivity index (χ1n) is 5.54. The summed E-state index contributed by atoms with van der Waals surface area (Å²) in [6.45, 7) is 1.86. The Morgan fingerprint density at radius 1 is 1.42 bits per heavy atom. The number of aryl methyl sites for hydroxylation is 1. The van der Waals surface area contributed by atoms with Gasteiger partial charge in [0.05, 0.1) is 12.7 Å². The zero-order chi connectivity index (χ0) is 14.0. The Hall–Kier alpha value is -2.02. The molecule has 0 aliphatic rings. The van der Waals surface area contributed by atoms with Gasteiger partial charge in [-0.1, -0.05) is 0 Å². The van der Waals surface area contributed by atoms with Crippen LogP contribution >= 0.6 is 11.8 Å². The van der Waals surface area contributed by atoms with E-state index in [4.69, 9.17) is 10.5 Å². The molecule has 19 heavy (non-hydrogen) atoms. The number of nitrogens with two attached hydrogens (primary N) is 1. The van der Waals surface area contributed by atoms with E-state index < -0.39 is 5.97 Å². The molecule has 0 saturated carbocycles. The van der Waals surface area contributed by atoms with Crippen LogP contribution in [0.5, 0.6) is 0 Å². The monoisotopic (exact) mass is 278 g/mol. The molecule has 0 amide bonds. The molecule has 0 spiro atoms. The number of esters is 1. The zero-order valence-electron chi connectivity index (χ0n) is 10.9. The lowest BCUT2D eigenvalue weighted by Gasteiger charge is -2.08. The van der Waals surface area contributed by atoms with Crippen molar-refractivity contribution in [1.29, 1.82) is 0 Å². The smallest absolute Gasteiger partial charge is 0.339 e. The first-order chi connectivity index (χ1) is 9.02. The minimum atomic E-state index is -0.423. The average Bonchev–Trinajstić information content (AvgIpc) is 2.71. The van der Waals surface area contributed by atoms with Crippen LogP contribution in [-0.4, -0.2) is 27.8 Å². The van der Waals surface area contributed by atoms with Gasteiger partial charge in [0.2, 0.25) is 0 Å². The topological polar surface area (TPSA) is 83.0 Å². The second-order valence-corrected chi connectivity index (χ2v) is 4.95. The summed E-state index contributed by atoms with van der Waals surface area (Å²) in [6.07, 6.45) is 0. The van der Waals surface area contributed by atoms with Gasteiger partial charge >= 0.3 is 5.97 Å². The number of aromatic nitrogens is 3. The van der Waals surface area contributed by atoms with Crippen molar-refractivity contribution in [2.75, 3.05) is 12.8 Å². The van der Waals surface area contributed by atoms with Gasteiger partial charge in [0.1, 0.15) is 5.82 Å². The molecule has 0 bridgehead atoms. The summed E-state index contributed by atoms with van der Waals surface area (Å²) in [7, 11) is 3.21. The van der Waals surface area contributed by atoms with Gasteiger partial charge in [-0.15, -0.1) is 10.2 Å². The number of carbonyl (C=O) groups is 1. The Kier molecular flexibility index (Phi) is 3.75. The highest BCUT2D eigenvalue weighted by atomic mass is 32.2. The second kappa shape index (κ2) is 5.31. The molecule has 0 unspecified atom stereocenters. The number of rotatable bonds is 3. The van der Waals surface area contributed by atoms with Crippen LogP contribution in [0.15, 0.2) is 28.3 Å². The normalized spacial score (nSPS) is 10.5. The van der Waals surface area contributed by atoms with Crippen LogP contribution in [0.25, 0.3) is 0 Å². The Morgan fingerprint density at radius 2 is 2.16 bits per heavy atom. The molecule has 0 aliphatic carbocycles. The van der Waals surface area contributed by atoms with Gasteiger partial charge in [-0.3, -0.25) is 0 Å². The van der Waals surface area contributed by atoms with Crippen molar-refractivity contribution in [2.24, 2.45) is 7.05 Å². The molecule has 6 nitrogen and oxygen atoms in total. The molecule has 0 radical (unpaired) electrons. The maximum atomic E-state index is 11.7. The number of benzene rings is 1. The summed E-state index contributed by atoms with van der Waals surface area (Å²) >= 11 is 1.35. The molecular weight excluding hydrogens is 264 g/mol. The predicted molar refractivity (Wildman–Crippen MR) is 72.1 cm³/mol. The molecule has 100 valence electrons. The number of nitrogens with zero attached hydrogens (tertiary/aromatic N) is 3. The minimum Gasteiger partial charge on any atom is -0.465 e. The van der Waals surface area contributed by atoms with E-state index in [-0.39, 0.29) is 0 Å². The predicted octanol–water partition coefficient (Wildman–Crippen LogP) is 1.64. The van der Waals surface area contributed by atoms with Gasteiger partial charge < -0.3 is 15.0 Å². The largest absolute Gasteiger partial charge is 0.465 e. The highest BCUT2D eigenvalue weighted by Crippen LogP contribution is 2.30. The second-order valence-electron chi connectivity index (χ2n) is 3.94. The molecule has 2 aromatic rings. The maximum absolute atomic E-state index is 11.7. The molecule has 1 heterocycles. The lowest BCUT2D eigenvalue weighted by atomic mass is 10.2. The van der Waals surface area contributed by atoms with E-state index in [0.717, 1.165) is 10.7 Å². The third-order valence-electron chi connectivity index (χ3n) is 2.66. The Bertz CT molecular complexity index is 624. The van der Waals surface area contributed by atoms with Crippen LogP contribution in [0.1, 0.15) is 16.2 Å². The van der Waals surface area contributed by atoms with Gasteiger partial charge in [0.25, 0.3) is 0 Å². The van der Waals surface area contributed by atoms with Gasteiger partial charge in [0, 0.05) is 17.6 Å². The lowest BCUT2D eigenvalue weighted by molar-refractivity contribution is 0.0597. The first kappa shape index (κ1) is 13.4. The highest BCUT2D eigenvalue weighted by molar-refractivity contribution is 7.99. The highest BCUT2D eigenvalue weighted by Gasteiger charge is 2.16. The van der Waals surface area contributed by atoms with Crippen LogP contribution in [0.3, 0.4) is 0 Å². The fourth-order valence-corrected chi connectivity index (χ4v) is 2.42. The van der Waals surface area contributed by atoms with Crippen LogP contribution in [0.4, 0.5) is 5.69 Å². The molecule has 0 aliphatic heterocycles. The summed E-state index contributed by atoms with van der Waals surface area (Å²) in [4.78, 5) is 12.5. The number of nitrogen functional groups attached to an aromatic ring is 1. The average molecular weight is 278 g/mol. The van der Waals surface area contributed by atoms with Crippen molar-refractivity contribution in [3.05, 3.63) is 29.6 Å². The zero-order valence-corrected chi connectivity index (χ0v) is 11.7. The molecule has 0 atom stereocenters. The number of hydrogen-bond donors (Lipinski definition) is 1. The number of methoxy groups -OCH3 is 1. The summed E-state index contributed by atoms with van der Waals surface area (Å²) in [5.41, 5.74) is 6.63. The van der Waals surface area contributed by atoms with Crippen molar-refractivity contribution in [3.63, 3.8) is 0 Å². The van der Waals surface area contributed by atoms with E-state index in [1.165, 1.54) is 18.9 Å². The van der Waals surface area contributed by atoms with Crippen LogP contribution in [0.2, 0.25) is 0 Å². The maximum Gasteiger partial charge on any atom is 0.339 e. The Balaban J connectivity index is 2.40. The van der Waals surface area contributed by atoms with E-state index in [2.05, 4.69) is 10.2 Å². The molecule has 0 saturated heterocycles. The van der Waals surface area contributed by atoms with E-state index in [0.29, 0.717) is 16.4 Å². The van der Waals surface area contributed by atoms with Crippen molar-refractivity contribution >= 4 is 23.4 Å². The molecule has 1 aromatic carbocycles. The molecule has 2 N–H and O–H groups in total. The fraction of sp³-hybridized carbons (Fsp3) is 0.250. The first-order valence-corrected chi connectivity index (χ1v) is 6.36. The summed E-state index contributed by atoms with van der Waals surface area (Å²) in [5.74, 6) is 0.381. The summed E-state index contributed by atoms with van der Waals surface area (Å²) < 4.78 is 6.60. The Labute approximate surface area is 115 Å². The van der Waals surface area contributed by atoms with Crippen molar-refractivity contribution < 1.29 is 9.53 Å². The van der Waals surface area contributed by atoms with E-state index in [1.807, 2.05) is 18.5 Å². The number of carbonyl (C=O) groups excluding carboxylic acids is 1. The van der Waals surface area contributed by atoms with E-state index in [1.54, 1.807) is 18.2 Å². The van der Waals surface area contributed by atoms with Crippen molar-refractivity contribution in [1.82, 2.24) is 14.8 Å². The third-order valence-corrected chi connectivity index (χ3v) is 3.78. The van der Waals surface area contributed by atoms with Crippen molar-refractivity contribution in [3.8, 4) is 0 Å². The minimum absolute atomic E-state index is 0.423. The molecule has 2 rings (SSSR count). The Morgan fingerprint density at radius 3 is 2.74 bits per heavy atom. The number of ether oxygens (including phenoxy) is 1. The lowest BCUT2D eigenvalue weighted by Crippen LogP contribution is -2.04. The number of hydrogen-bond acceptors (Lipinski definition) is 6. The standard InChI is InChI=1S/C12H14N4O2S/c1-7-14-15-12(16(7)2)19-10-5-4-8(13)6-9(10)11(17)18-3/h4-6H,13H2,1-3H3. The molecule has 7 heteroatoms. The SMILES string of the molecule is COC(=O)c1cc(N)ccc1Sc1nnc(C)n1C. The molecule has 0 fully saturated rings. The van der Waals surface area contributed by atoms with Crippen LogP contribution < -0.4 is 5.73 Å². The van der Waals surface area contributed by atoms with Crippen LogP contribution in [0, 0.1) is 6.92 Å². The van der Waals surface area contributed by atoms with Gasteiger partial charge in [-0.25, -0.2) is 4.79 Å². The fourth-order valence-electron chi connectivity index (χ4n) is 1.48. The summed E-state index contributed by atoms with van der Waals surface area (Å²) in [5, 5.41) is 8.73. The van der Waals surface area contributed by atoms with Crippen molar-refractivity contribution in [2.45, 2.75) is 17.0 Å². The van der Waals surface area contributed by atoms with E-state index >= 15 is 0 Å². The quantitative estimate of drug-likeness (QED) is 0.679.